The van der Waals surface area contributed by atoms with E-state index >= 15 is 0 Å². The maximum atomic E-state index is 12.5. The summed E-state index contributed by atoms with van der Waals surface area (Å²) in [5.41, 5.74) is 6.78. The molecular formula is C10H11F3N2. The number of anilines is 1. The smallest absolute Gasteiger partial charge is 0.384 e. The number of nitrogens with two attached hydrogens (primary N) is 1. The lowest BCUT2D eigenvalue weighted by molar-refractivity contribution is -0.149. The molecule has 3 N–H and O–H groups in total. The normalized spacial score (nSPS) is 17.1. The quantitative estimate of drug-likeness (QED) is 0.755. The summed E-state index contributed by atoms with van der Waals surface area (Å²) in [6.07, 6.45) is -3.63. The number of fused-ring (bicyclic) bond motifs is 1. The van der Waals surface area contributed by atoms with Crippen molar-refractivity contribution in [1.82, 2.24) is 0 Å². The molecule has 0 aliphatic carbocycles. The third-order valence-electron chi connectivity index (χ3n) is 2.57. The molecule has 0 bridgehead atoms. The van der Waals surface area contributed by atoms with Gasteiger partial charge in [-0.3, -0.25) is 0 Å². The van der Waals surface area contributed by atoms with Gasteiger partial charge in [-0.05, 0) is 12.0 Å². The number of hydrogen-bond acceptors (Lipinski definition) is 2. The SMILES string of the molecule is N[C@@H](c1cccc2c1NCC2)C(F)(F)F. The van der Waals surface area contributed by atoms with Gasteiger partial charge >= 0.3 is 6.18 Å². The van der Waals surface area contributed by atoms with Crippen LogP contribution in [0.1, 0.15) is 17.2 Å². The number of hydrogen-bond donors (Lipinski definition) is 2. The van der Waals surface area contributed by atoms with Crippen molar-refractivity contribution in [3.63, 3.8) is 0 Å². The highest BCUT2D eigenvalue weighted by Crippen LogP contribution is 2.37. The van der Waals surface area contributed by atoms with E-state index in [0.717, 1.165) is 12.0 Å². The monoisotopic (exact) mass is 216 g/mol. The summed E-state index contributed by atoms with van der Waals surface area (Å²) in [5, 5.41) is 2.94. The summed E-state index contributed by atoms with van der Waals surface area (Å²) < 4.78 is 37.4. The summed E-state index contributed by atoms with van der Waals surface area (Å²) in [5.74, 6) is 0. The van der Waals surface area contributed by atoms with Crippen molar-refractivity contribution >= 4 is 5.69 Å². The number of benzene rings is 1. The molecule has 1 aliphatic rings. The van der Waals surface area contributed by atoms with Crippen molar-refractivity contribution in [1.29, 1.82) is 0 Å². The van der Waals surface area contributed by atoms with E-state index in [4.69, 9.17) is 5.73 Å². The van der Waals surface area contributed by atoms with E-state index in [1.807, 2.05) is 6.07 Å². The average Bonchev–Trinajstić information content (AvgIpc) is 2.62. The zero-order valence-corrected chi connectivity index (χ0v) is 7.93. The minimum Gasteiger partial charge on any atom is -0.384 e. The van der Waals surface area contributed by atoms with Gasteiger partial charge < -0.3 is 11.1 Å². The standard InChI is InChI=1S/C10H11F3N2/c11-10(12,13)9(14)7-3-1-2-6-4-5-15-8(6)7/h1-3,9,15H,4-5,14H2/t9-/m0/s1. The molecule has 0 fully saturated rings. The molecule has 0 amide bonds. The van der Waals surface area contributed by atoms with Crippen LogP contribution in [0.2, 0.25) is 0 Å². The van der Waals surface area contributed by atoms with E-state index in [0.29, 0.717) is 12.2 Å². The molecule has 2 nitrogen and oxygen atoms in total. The van der Waals surface area contributed by atoms with Crippen LogP contribution in [0.3, 0.4) is 0 Å². The first-order chi connectivity index (χ1) is 7.00. The highest BCUT2D eigenvalue weighted by Gasteiger charge is 2.39. The zero-order chi connectivity index (χ0) is 11.1. The fourth-order valence-electron chi connectivity index (χ4n) is 1.80. The molecule has 1 heterocycles. The topological polar surface area (TPSA) is 38.0 Å². The van der Waals surface area contributed by atoms with Crippen molar-refractivity contribution in [2.45, 2.75) is 18.6 Å². The number of alkyl halides is 3. The minimum absolute atomic E-state index is 0.137. The number of nitrogens with one attached hydrogen (secondary N) is 1. The Bertz CT molecular complexity index is 373. The molecule has 0 unspecified atom stereocenters. The molecule has 1 aromatic carbocycles. The van der Waals surface area contributed by atoms with Gasteiger partial charge in [0.25, 0.3) is 0 Å². The Labute approximate surface area is 85.3 Å². The van der Waals surface area contributed by atoms with E-state index in [1.165, 1.54) is 6.07 Å². The maximum Gasteiger partial charge on any atom is 0.407 e. The number of rotatable bonds is 1. The van der Waals surface area contributed by atoms with Crippen molar-refractivity contribution < 1.29 is 13.2 Å². The largest absolute Gasteiger partial charge is 0.407 e. The summed E-state index contributed by atoms with van der Waals surface area (Å²) in [7, 11) is 0. The fourth-order valence-corrected chi connectivity index (χ4v) is 1.80. The van der Waals surface area contributed by atoms with Crippen molar-refractivity contribution in [3.8, 4) is 0 Å². The van der Waals surface area contributed by atoms with Gasteiger partial charge in [-0.25, -0.2) is 0 Å². The Morgan fingerprint density at radius 1 is 1.33 bits per heavy atom. The summed E-state index contributed by atoms with van der Waals surface area (Å²) >= 11 is 0. The van der Waals surface area contributed by atoms with Crippen LogP contribution in [-0.2, 0) is 6.42 Å². The van der Waals surface area contributed by atoms with Crippen LogP contribution in [0.4, 0.5) is 18.9 Å². The van der Waals surface area contributed by atoms with Gasteiger partial charge in [0.15, 0.2) is 0 Å². The van der Waals surface area contributed by atoms with Crippen LogP contribution in [0.5, 0.6) is 0 Å². The molecule has 0 saturated heterocycles. The lowest BCUT2D eigenvalue weighted by Crippen LogP contribution is -2.29. The van der Waals surface area contributed by atoms with Gasteiger partial charge in [0.2, 0.25) is 0 Å². The predicted octanol–water partition coefficient (Wildman–Crippen LogP) is 2.22. The Balaban J connectivity index is 2.41. The molecule has 0 aromatic heterocycles. The first-order valence-corrected chi connectivity index (χ1v) is 4.68. The van der Waals surface area contributed by atoms with Gasteiger partial charge in [-0.2, -0.15) is 13.2 Å². The molecule has 15 heavy (non-hydrogen) atoms. The van der Waals surface area contributed by atoms with Crippen LogP contribution >= 0.6 is 0 Å². The van der Waals surface area contributed by atoms with Crippen LogP contribution < -0.4 is 11.1 Å². The van der Waals surface area contributed by atoms with Gasteiger partial charge in [-0.1, -0.05) is 18.2 Å². The lowest BCUT2D eigenvalue weighted by atomic mass is 10.0. The van der Waals surface area contributed by atoms with Crippen LogP contribution in [0, 0.1) is 0 Å². The molecule has 2 rings (SSSR count). The predicted molar refractivity (Wildman–Crippen MR) is 51.6 cm³/mol. The van der Waals surface area contributed by atoms with E-state index < -0.39 is 12.2 Å². The Kier molecular flexibility index (Phi) is 2.34. The molecule has 1 atom stereocenters. The highest BCUT2D eigenvalue weighted by molar-refractivity contribution is 5.62. The first-order valence-electron chi connectivity index (χ1n) is 4.68. The molecule has 0 radical (unpaired) electrons. The second-order valence-electron chi connectivity index (χ2n) is 3.58. The zero-order valence-electron chi connectivity index (χ0n) is 7.93. The third-order valence-corrected chi connectivity index (χ3v) is 2.57. The Morgan fingerprint density at radius 3 is 2.73 bits per heavy atom. The lowest BCUT2D eigenvalue weighted by Gasteiger charge is -2.18. The molecule has 82 valence electrons. The van der Waals surface area contributed by atoms with Gasteiger partial charge in [-0.15, -0.1) is 0 Å². The molecule has 0 saturated carbocycles. The summed E-state index contributed by atoms with van der Waals surface area (Å²) in [6, 6.07) is 2.96. The van der Waals surface area contributed by atoms with Crippen LogP contribution in [-0.4, -0.2) is 12.7 Å². The van der Waals surface area contributed by atoms with Gasteiger partial charge in [0.05, 0.1) is 0 Å². The van der Waals surface area contributed by atoms with Crippen molar-refractivity contribution in [3.05, 3.63) is 29.3 Å². The van der Waals surface area contributed by atoms with Crippen LogP contribution in [0.25, 0.3) is 0 Å². The first kappa shape index (κ1) is 10.3. The van der Waals surface area contributed by atoms with Crippen molar-refractivity contribution in [2.75, 3.05) is 11.9 Å². The Morgan fingerprint density at radius 2 is 2.07 bits per heavy atom. The fraction of sp³-hybridized carbons (Fsp3) is 0.400. The van der Waals surface area contributed by atoms with E-state index in [1.54, 1.807) is 6.07 Å². The second-order valence-corrected chi connectivity index (χ2v) is 3.58. The minimum atomic E-state index is -4.39. The Hall–Kier alpha value is -1.23. The second kappa shape index (κ2) is 3.41. The van der Waals surface area contributed by atoms with E-state index in [-0.39, 0.29) is 5.56 Å². The van der Waals surface area contributed by atoms with E-state index in [9.17, 15) is 13.2 Å². The highest BCUT2D eigenvalue weighted by atomic mass is 19.4. The van der Waals surface area contributed by atoms with E-state index in [2.05, 4.69) is 5.32 Å². The number of halogens is 3. The summed E-state index contributed by atoms with van der Waals surface area (Å²) in [4.78, 5) is 0. The average molecular weight is 216 g/mol. The third kappa shape index (κ3) is 1.79. The van der Waals surface area contributed by atoms with Crippen LogP contribution in [0.15, 0.2) is 18.2 Å². The molecule has 5 heteroatoms. The molecular weight excluding hydrogens is 205 g/mol. The molecule has 1 aromatic rings. The summed E-state index contributed by atoms with van der Waals surface area (Å²) in [6.45, 7) is 0.678. The van der Waals surface area contributed by atoms with Gasteiger partial charge in [0, 0.05) is 17.8 Å². The van der Waals surface area contributed by atoms with Gasteiger partial charge in [0.1, 0.15) is 6.04 Å². The number of para-hydroxylation sites is 1. The molecule has 1 aliphatic heterocycles. The molecule has 0 spiro atoms. The maximum absolute atomic E-state index is 12.5. The van der Waals surface area contributed by atoms with Crippen molar-refractivity contribution in [2.24, 2.45) is 5.73 Å².